The summed E-state index contributed by atoms with van der Waals surface area (Å²) in [6, 6.07) is 17.2. The Morgan fingerprint density at radius 3 is 1.61 bits per heavy atom. The predicted octanol–water partition coefficient (Wildman–Crippen LogP) is 9.55. The Hall–Kier alpha value is -7.51. The topological polar surface area (TPSA) is 199 Å². The van der Waals surface area contributed by atoms with Crippen molar-refractivity contribution in [2.45, 2.75) is 84.2 Å². The number of aliphatic imine (C=N–C) groups is 1. The van der Waals surface area contributed by atoms with Gasteiger partial charge in [0.2, 0.25) is 0 Å². The molecule has 1 aliphatic rings. The number of fused-ring (bicyclic) bond motifs is 2. The van der Waals surface area contributed by atoms with Crippen LogP contribution in [-0.4, -0.2) is 82.8 Å². The molecule has 0 N–H and O–H groups in total. The highest BCUT2D eigenvalue weighted by Gasteiger charge is 2.32. The van der Waals surface area contributed by atoms with Crippen molar-refractivity contribution < 1.29 is 54.8 Å². The first-order valence-corrected chi connectivity index (χ1v) is 25.5. The smallest absolute Gasteiger partial charge is 0.490 e. The summed E-state index contributed by atoms with van der Waals surface area (Å²) in [7, 11) is 3.07. The molecule has 7 aromatic rings. The third kappa shape index (κ3) is 17.2. The Balaban J connectivity index is 0.000000224. The SMILES string of the molecule is CCCCn1c(=O)c2c(n(C)c1=O)N=C(OCCOc1cccc(OC(F)(F)F)c1)C2.CCCCn1c(=O)c2c(nc(OCCOc3cccc(OC(F)(F)F)c3)n2Cc2ccc(Cl)cn2)n(C)c1=O.ClCc1ccc(Cl)cn1. The fourth-order valence-corrected chi connectivity index (χ4v) is 7.81. The van der Waals surface area contributed by atoms with Crippen molar-refractivity contribution in [1.82, 2.24) is 37.8 Å². The minimum atomic E-state index is -4.82. The summed E-state index contributed by atoms with van der Waals surface area (Å²) in [5.74, 6) is 0.504. The summed E-state index contributed by atoms with van der Waals surface area (Å²) >= 11 is 17.0. The molecule has 424 valence electrons. The van der Waals surface area contributed by atoms with Crippen molar-refractivity contribution in [1.29, 1.82) is 0 Å². The van der Waals surface area contributed by atoms with Crippen LogP contribution in [0.1, 0.15) is 56.5 Å². The van der Waals surface area contributed by atoms with Crippen LogP contribution >= 0.6 is 34.8 Å². The lowest BCUT2D eigenvalue weighted by Crippen LogP contribution is -2.40. The number of alkyl halides is 7. The van der Waals surface area contributed by atoms with Crippen molar-refractivity contribution in [2.75, 3.05) is 26.4 Å². The molecule has 5 aromatic heterocycles. The number of halogens is 9. The van der Waals surface area contributed by atoms with E-state index < -0.39 is 35.4 Å². The van der Waals surface area contributed by atoms with E-state index in [4.69, 9.17) is 53.8 Å². The van der Waals surface area contributed by atoms with Gasteiger partial charge in [0, 0.05) is 51.7 Å². The maximum absolute atomic E-state index is 13.4. The van der Waals surface area contributed by atoms with Crippen LogP contribution in [0.4, 0.5) is 32.2 Å². The number of imidazole rings is 1. The van der Waals surface area contributed by atoms with Gasteiger partial charge in [-0.3, -0.25) is 42.4 Å². The third-order valence-corrected chi connectivity index (χ3v) is 11.9. The van der Waals surface area contributed by atoms with Gasteiger partial charge in [-0.15, -0.1) is 37.9 Å². The maximum Gasteiger partial charge on any atom is 0.573 e. The van der Waals surface area contributed by atoms with Crippen LogP contribution in [0.2, 0.25) is 10.0 Å². The third-order valence-electron chi connectivity index (χ3n) is 11.2. The molecule has 0 amide bonds. The van der Waals surface area contributed by atoms with E-state index in [0.717, 1.165) is 36.7 Å². The zero-order valence-electron chi connectivity index (χ0n) is 42.8. The van der Waals surface area contributed by atoms with Gasteiger partial charge in [-0.25, -0.2) is 9.59 Å². The van der Waals surface area contributed by atoms with Gasteiger partial charge in [0.1, 0.15) is 55.2 Å². The zero-order valence-corrected chi connectivity index (χ0v) is 45.1. The number of nitrogens with zero attached hydrogens (tertiary/aromatic N) is 9. The molecule has 8 rings (SSSR count). The summed E-state index contributed by atoms with van der Waals surface area (Å²) in [6.07, 6.45) is -3.40. The van der Waals surface area contributed by atoms with Gasteiger partial charge in [-0.2, -0.15) is 9.98 Å². The Labute approximate surface area is 461 Å². The lowest BCUT2D eigenvalue weighted by Gasteiger charge is -2.12. The number of hydrogen-bond acceptors (Lipinski definition) is 14. The second kappa shape index (κ2) is 27.9. The molecule has 0 saturated carbocycles. The van der Waals surface area contributed by atoms with Crippen LogP contribution in [0.5, 0.6) is 29.0 Å². The maximum atomic E-state index is 13.4. The molecule has 6 heterocycles. The molecule has 0 unspecified atom stereocenters. The van der Waals surface area contributed by atoms with Gasteiger partial charge in [-0.1, -0.05) is 62.0 Å². The van der Waals surface area contributed by atoms with Crippen LogP contribution in [-0.2, 0) is 50.8 Å². The summed E-state index contributed by atoms with van der Waals surface area (Å²) < 4.78 is 111. The van der Waals surface area contributed by atoms with Crippen molar-refractivity contribution in [3.05, 3.63) is 154 Å². The summed E-state index contributed by atoms with van der Waals surface area (Å²) in [4.78, 5) is 68.2. The summed E-state index contributed by atoms with van der Waals surface area (Å²) in [6.45, 7) is 4.58. The first-order chi connectivity index (χ1) is 37.6. The number of hydrogen-bond donors (Lipinski definition) is 0. The van der Waals surface area contributed by atoms with E-state index in [1.807, 2.05) is 13.8 Å². The quantitative estimate of drug-likeness (QED) is 0.0397. The number of aryl methyl sites for hydroxylation is 1. The monoisotopic (exact) mass is 1170 g/mol. The molecule has 2 aromatic carbocycles. The van der Waals surface area contributed by atoms with Gasteiger partial charge < -0.3 is 28.4 Å². The number of rotatable bonds is 20. The number of aromatic nitrogens is 8. The van der Waals surface area contributed by atoms with E-state index in [-0.39, 0.29) is 97.6 Å². The van der Waals surface area contributed by atoms with Gasteiger partial charge in [-0.05, 0) is 61.4 Å². The molecule has 0 spiro atoms. The Bertz CT molecular complexity index is 3460. The molecular weight excluding hydrogens is 1120 g/mol. The molecule has 0 bridgehead atoms. The Morgan fingerprint density at radius 2 is 1.10 bits per heavy atom. The van der Waals surface area contributed by atoms with E-state index in [0.29, 0.717) is 46.6 Å². The van der Waals surface area contributed by atoms with Gasteiger partial charge in [0.25, 0.3) is 17.1 Å². The molecular formula is C51H52Cl3F6N9O10. The van der Waals surface area contributed by atoms with Crippen molar-refractivity contribution in [3.63, 3.8) is 0 Å². The van der Waals surface area contributed by atoms with E-state index in [2.05, 4.69) is 29.4 Å². The van der Waals surface area contributed by atoms with Crippen LogP contribution in [0, 0.1) is 0 Å². The van der Waals surface area contributed by atoms with Crippen LogP contribution in [0.15, 0.2) is 109 Å². The second-order valence-electron chi connectivity index (χ2n) is 16.9. The van der Waals surface area contributed by atoms with Gasteiger partial charge in [0.15, 0.2) is 17.1 Å². The average Bonchev–Trinajstić information content (AvgIpc) is 4.18. The molecule has 0 aliphatic carbocycles. The number of benzene rings is 2. The largest absolute Gasteiger partial charge is 0.573 e. The first kappa shape index (κ1) is 60.7. The van der Waals surface area contributed by atoms with E-state index in [9.17, 15) is 45.5 Å². The molecule has 0 saturated heterocycles. The van der Waals surface area contributed by atoms with Crippen molar-refractivity contribution >= 4 is 57.7 Å². The standard InChI is InChI=1S/C25H25ClF3N5O5.C20H22F3N3O5.C6H5Cl2N/c1-3-4-10-33-22(35)20-21(32(2)24(33)36)31-23(34(20)15-17-9-8-16(26)14-30-17)38-12-11-37-18-6-5-7-19(13-18)39-25(27,28)29;1-3-4-8-26-18(27)15-12-16(24-17(15)25(2)19(26)28)30-10-9-29-13-6-5-7-14(11-13)31-20(21,22)23;7-3-6-2-1-5(8)4-9-6/h5-9,13-14H,3-4,10-12,15H2,1-2H3;5-7,11H,3-4,8-10,12H2,1-2H3;1-2,4H,3H2. The Kier molecular flexibility index (Phi) is 21.4. The minimum absolute atomic E-state index is 0.0322. The van der Waals surface area contributed by atoms with Crippen LogP contribution in [0.25, 0.3) is 11.2 Å². The highest BCUT2D eigenvalue weighted by Crippen LogP contribution is 2.28. The lowest BCUT2D eigenvalue weighted by molar-refractivity contribution is -0.275. The number of ether oxygens (including phenoxy) is 6. The normalized spacial score (nSPS) is 11.9. The average molecular weight is 1170 g/mol. The fourth-order valence-electron chi connectivity index (χ4n) is 7.43. The molecule has 0 radical (unpaired) electrons. The molecule has 79 heavy (non-hydrogen) atoms. The molecule has 1 aliphatic heterocycles. The highest BCUT2D eigenvalue weighted by molar-refractivity contribution is 6.30. The van der Waals surface area contributed by atoms with Crippen molar-refractivity contribution in [3.8, 4) is 29.0 Å². The first-order valence-electron chi connectivity index (χ1n) is 24.2. The zero-order chi connectivity index (χ0) is 57.4. The number of unbranched alkanes of at least 4 members (excludes halogenated alkanes) is 2. The summed E-state index contributed by atoms with van der Waals surface area (Å²) in [5.41, 5.74) is 0.319. The predicted molar refractivity (Wildman–Crippen MR) is 282 cm³/mol. The van der Waals surface area contributed by atoms with E-state index in [1.165, 1.54) is 66.4 Å². The summed E-state index contributed by atoms with van der Waals surface area (Å²) in [5, 5.41) is 1.08. The van der Waals surface area contributed by atoms with Crippen LogP contribution < -0.4 is 46.2 Å². The lowest BCUT2D eigenvalue weighted by atomic mass is 10.2. The molecule has 0 fully saturated rings. The molecule has 28 heteroatoms. The highest BCUT2D eigenvalue weighted by atomic mass is 35.5. The van der Waals surface area contributed by atoms with E-state index >= 15 is 0 Å². The van der Waals surface area contributed by atoms with Gasteiger partial charge >= 0.3 is 24.1 Å². The van der Waals surface area contributed by atoms with E-state index in [1.54, 1.807) is 37.5 Å². The van der Waals surface area contributed by atoms with Crippen LogP contribution in [0.3, 0.4) is 0 Å². The molecule has 19 nitrogen and oxygen atoms in total. The van der Waals surface area contributed by atoms with Gasteiger partial charge in [0.05, 0.1) is 45.8 Å². The second-order valence-corrected chi connectivity index (χ2v) is 18.1. The molecule has 0 atom stereocenters. The Morgan fingerprint density at radius 1 is 0.608 bits per heavy atom. The minimum Gasteiger partial charge on any atom is -0.490 e. The van der Waals surface area contributed by atoms with Crippen molar-refractivity contribution in [2.24, 2.45) is 19.1 Å². The fraction of sp³-hybridized carbons (Fsp3) is 0.373. The number of pyridine rings is 2.